The molecule has 82 valence electrons. The third kappa shape index (κ3) is 1.42. The standard InChI is InChI=1S/C12H16FNO/c1-12(2)10(11(12)14)9-7(13)5-4-6-8(9)15-3/h4-6,10-11H,14H2,1-3H3. The summed E-state index contributed by atoms with van der Waals surface area (Å²) in [7, 11) is 1.55. The topological polar surface area (TPSA) is 35.2 Å². The Bertz CT molecular complexity index is 389. The van der Waals surface area contributed by atoms with E-state index < -0.39 is 0 Å². The number of methoxy groups -OCH3 is 1. The number of halogens is 1. The van der Waals surface area contributed by atoms with Crippen LogP contribution in [0.2, 0.25) is 0 Å². The number of hydrogen-bond acceptors (Lipinski definition) is 2. The summed E-state index contributed by atoms with van der Waals surface area (Å²) in [4.78, 5) is 0. The van der Waals surface area contributed by atoms with Crippen molar-refractivity contribution in [2.75, 3.05) is 7.11 Å². The molecule has 0 aromatic heterocycles. The van der Waals surface area contributed by atoms with Crippen LogP contribution in [0, 0.1) is 11.2 Å². The lowest BCUT2D eigenvalue weighted by molar-refractivity contribution is 0.402. The second-order valence-electron chi connectivity index (χ2n) is 4.68. The minimum atomic E-state index is -0.222. The van der Waals surface area contributed by atoms with Crippen molar-refractivity contribution in [3.05, 3.63) is 29.6 Å². The summed E-state index contributed by atoms with van der Waals surface area (Å²) in [5.74, 6) is 0.440. The Morgan fingerprint density at radius 1 is 1.40 bits per heavy atom. The molecule has 3 heteroatoms. The highest BCUT2D eigenvalue weighted by atomic mass is 19.1. The minimum absolute atomic E-state index is 0.0169. The molecule has 0 saturated heterocycles. The number of hydrogen-bond donors (Lipinski definition) is 1. The normalized spacial score (nSPS) is 27.5. The van der Waals surface area contributed by atoms with Crippen molar-refractivity contribution in [1.29, 1.82) is 0 Å². The van der Waals surface area contributed by atoms with E-state index in [0.717, 1.165) is 0 Å². The first-order chi connectivity index (χ1) is 7.00. The van der Waals surface area contributed by atoms with Crippen LogP contribution in [0.1, 0.15) is 25.3 Å². The van der Waals surface area contributed by atoms with Crippen LogP contribution in [0.15, 0.2) is 18.2 Å². The van der Waals surface area contributed by atoms with Crippen LogP contribution in [-0.4, -0.2) is 13.2 Å². The van der Waals surface area contributed by atoms with Gasteiger partial charge in [0.15, 0.2) is 0 Å². The average molecular weight is 209 g/mol. The molecule has 1 saturated carbocycles. The predicted molar refractivity (Wildman–Crippen MR) is 57.4 cm³/mol. The first-order valence-electron chi connectivity index (χ1n) is 5.08. The summed E-state index contributed by atoms with van der Waals surface area (Å²) in [5.41, 5.74) is 6.54. The van der Waals surface area contributed by atoms with Gasteiger partial charge in [-0.2, -0.15) is 0 Å². The number of benzene rings is 1. The van der Waals surface area contributed by atoms with Gasteiger partial charge in [0.1, 0.15) is 11.6 Å². The Hall–Kier alpha value is -1.09. The van der Waals surface area contributed by atoms with Crippen LogP contribution < -0.4 is 10.5 Å². The second-order valence-corrected chi connectivity index (χ2v) is 4.68. The molecule has 0 heterocycles. The molecular weight excluding hydrogens is 193 g/mol. The molecule has 2 nitrogen and oxygen atoms in total. The smallest absolute Gasteiger partial charge is 0.130 e. The molecule has 0 radical (unpaired) electrons. The van der Waals surface area contributed by atoms with Gasteiger partial charge in [0.05, 0.1) is 7.11 Å². The third-order valence-corrected chi connectivity index (χ3v) is 3.45. The summed E-state index contributed by atoms with van der Waals surface area (Å²) in [6.45, 7) is 4.10. The second kappa shape index (κ2) is 3.20. The fourth-order valence-corrected chi connectivity index (χ4v) is 2.23. The van der Waals surface area contributed by atoms with Gasteiger partial charge in [-0.15, -0.1) is 0 Å². The van der Waals surface area contributed by atoms with Crippen molar-refractivity contribution in [3.63, 3.8) is 0 Å². The van der Waals surface area contributed by atoms with E-state index >= 15 is 0 Å². The van der Waals surface area contributed by atoms with E-state index in [0.29, 0.717) is 11.3 Å². The lowest BCUT2D eigenvalue weighted by Crippen LogP contribution is -2.06. The summed E-state index contributed by atoms with van der Waals surface area (Å²) in [5, 5.41) is 0. The van der Waals surface area contributed by atoms with Crippen molar-refractivity contribution < 1.29 is 9.13 Å². The SMILES string of the molecule is COc1cccc(F)c1C1C(N)C1(C)C. The van der Waals surface area contributed by atoms with Gasteiger partial charge >= 0.3 is 0 Å². The van der Waals surface area contributed by atoms with E-state index in [2.05, 4.69) is 0 Å². The Kier molecular flexibility index (Phi) is 2.23. The number of rotatable bonds is 2. The van der Waals surface area contributed by atoms with Crippen molar-refractivity contribution in [2.45, 2.75) is 25.8 Å². The van der Waals surface area contributed by atoms with Crippen LogP contribution in [0.25, 0.3) is 0 Å². The molecule has 2 atom stereocenters. The van der Waals surface area contributed by atoms with E-state index in [1.807, 2.05) is 13.8 Å². The lowest BCUT2D eigenvalue weighted by Gasteiger charge is -2.10. The van der Waals surface area contributed by atoms with Gasteiger partial charge in [-0.25, -0.2) is 4.39 Å². The zero-order chi connectivity index (χ0) is 11.2. The van der Waals surface area contributed by atoms with Gasteiger partial charge in [0, 0.05) is 17.5 Å². The van der Waals surface area contributed by atoms with E-state index in [-0.39, 0.29) is 23.2 Å². The molecule has 2 N–H and O–H groups in total. The Morgan fingerprint density at radius 2 is 2.00 bits per heavy atom. The lowest BCUT2D eigenvalue weighted by atomic mass is 10.0. The van der Waals surface area contributed by atoms with Crippen LogP contribution in [0.3, 0.4) is 0 Å². The van der Waals surface area contributed by atoms with Crippen molar-refractivity contribution >= 4 is 0 Å². The first-order valence-corrected chi connectivity index (χ1v) is 5.08. The van der Waals surface area contributed by atoms with Gasteiger partial charge in [0.2, 0.25) is 0 Å². The molecule has 0 bridgehead atoms. The highest BCUT2D eigenvalue weighted by Crippen LogP contribution is 2.59. The quantitative estimate of drug-likeness (QED) is 0.811. The van der Waals surface area contributed by atoms with Crippen LogP contribution in [0.5, 0.6) is 5.75 Å². The summed E-state index contributed by atoms with van der Waals surface area (Å²) >= 11 is 0. The van der Waals surface area contributed by atoms with Crippen molar-refractivity contribution in [3.8, 4) is 5.75 Å². The van der Waals surface area contributed by atoms with E-state index in [4.69, 9.17) is 10.5 Å². The number of nitrogens with two attached hydrogens (primary N) is 1. The predicted octanol–water partition coefficient (Wildman–Crippen LogP) is 2.29. The maximum absolute atomic E-state index is 13.7. The summed E-state index contributed by atoms with van der Waals surface area (Å²) in [6.07, 6.45) is 0. The largest absolute Gasteiger partial charge is 0.496 e. The third-order valence-electron chi connectivity index (χ3n) is 3.45. The molecule has 0 amide bonds. The number of ether oxygens (including phenoxy) is 1. The Balaban J connectivity index is 2.45. The molecule has 0 aliphatic heterocycles. The summed E-state index contributed by atoms with van der Waals surface area (Å²) in [6, 6.07) is 4.90. The molecule has 1 fully saturated rings. The molecule has 1 aliphatic carbocycles. The van der Waals surface area contributed by atoms with Crippen LogP contribution >= 0.6 is 0 Å². The average Bonchev–Trinajstić information content (AvgIpc) is 2.66. The molecule has 0 spiro atoms. The van der Waals surface area contributed by atoms with Gasteiger partial charge < -0.3 is 10.5 Å². The highest BCUT2D eigenvalue weighted by molar-refractivity contribution is 5.45. The van der Waals surface area contributed by atoms with E-state index in [1.165, 1.54) is 6.07 Å². The maximum atomic E-state index is 13.7. The van der Waals surface area contributed by atoms with E-state index in [9.17, 15) is 4.39 Å². The van der Waals surface area contributed by atoms with Crippen LogP contribution in [0.4, 0.5) is 4.39 Å². The zero-order valence-corrected chi connectivity index (χ0v) is 9.25. The first kappa shape index (κ1) is 10.4. The minimum Gasteiger partial charge on any atom is -0.496 e. The fraction of sp³-hybridized carbons (Fsp3) is 0.500. The van der Waals surface area contributed by atoms with Crippen molar-refractivity contribution in [2.24, 2.45) is 11.1 Å². The molecule has 1 aromatic rings. The van der Waals surface area contributed by atoms with Gasteiger partial charge in [-0.05, 0) is 17.5 Å². The van der Waals surface area contributed by atoms with Crippen molar-refractivity contribution in [1.82, 2.24) is 0 Å². The molecular formula is C12H16FNO. The molecule has 2 rings (SSSR count). The van der Waals surface area contributed by atoms with Gasteiger partial charge in [-0.3, -0.25) is 0 Å². The zero-order valence-electron chi connectivity index (χ0n) is 9.25. The molecule has 1 aromatic carbocycles. The van der Waals surface area contributed by atoms with Gasteiger partial charge in [-0.1, -0.05) is 19.9 Å². The fourth-order valence-electron chi connectivity index (χ4n) is 2.23. The Labute approximate surface area is 89.2 Å². The van der Waals surface area contributed by atoms with Crippen LogP contribution in [-0.2, 0) is 0 Å². The van der Waals surface area contributed by atoms with Gasteiger partial charge in [0.25, 0.3) is 0 Å². The molecule has 1 aliphatic rings. The molecule has 2 unspecified atom stereocenters. The highest BCUT2D eigenvalue weighted by Gasteiger charge is 2.58. The maximum Gasteiger partial charge on any atom is 0.130 e. The molecule has 15 heavy (non-hydrogen) atoms. The monoisotopic (exact) mass is 209 g/mol. The summed E-state index contributed by atoms with van der Waals surface area (Å²) < 4.78 is 18.9. The Morgan fingerprint density at radius 3 is 2.47 bits per heavy atom. The van der Waals surface area contributed by atoms with E-state index in [1.54, 1.807) is 19.2 Å².